The third-order valence-electron chi connectivity index (χ3n) is 1.90. The van der Waals surface area contributed by atoms with E-state index in [9.17, 15) is 4.79 Å². The van der Waals surface area contributed by atoms with Crippen LogP contribution in [0.5, 0.6) is 0 Å². The molecule has 1 atom stereocenters. The second kappa shape index (κ2) is 4.04. The Hall–Kier alpha value is -1.36. The van der Waals surface area contributed by atoms with E-state index < -0.39 is 0 Å². The molecule has 1 amide bonds. The van der Waals surface area contributed by atoms with Crippen molar-refractivity contribution in [3.05, 3.63) is 11.8 Å². The lowest BCUT2D eigenvalue weighted by atomic mass is 10.3. The van der Waals surface area contributed by atoms with Crippen molar-refractivity contribution in [3.8, 4) is 0 Å². The Morgan fingerprint density at radius 1 is 1.69 bits per heavy atom. The van der Waals surface area contributed by atoms with Gasteiger partial charge >= 0.3 is 0 Å². The standard InChI is InChI=1S/C8H14N4O/c1-5-4-10-12-7(5)11-8(13)6(2)9-3/h4,6,9H,1-3H3,(H2,10,11,12,13)/t6-/m0/s1. The largest absolute Gasteiger partial charge is 0.310 e. The van der Waals surface area contributed by atoms with Crippen LogP contribution in [0.15, 0.2) is 6.20 Å². The SMILES string of the molecule is CN[C@@H](C)C(=O)Nc1[nH]ncc1C. The molecular weight excluding hydrogens is 168 g/mol. The molecule has 3 N–H and O–H groups in total. The first-order chi connectivity index (χ1) is 6.15. The van der Waals surface area contributed by atoms with Crippen LogP contribution in [0.25, 0.3) is 0 Å². The predicted molar refractivity (Wildman–Crippen MR) is 50.5 cm³/mol. The fourth-order valence-electron chi connectivity index (χ4n) is 0.835. The summed E-state index contributed by atoms with van der Waals surface area (Å²) in [6.07, 6.45) is 1.67. The number of amides is 1. The molecule has 0 spiro atoms. The van der Waals surface area contributed by atoms with Crippen molar-refractivity contribution in [1.82, 2.24) is 15.5 Å². The van der Waals surface area contributed by atoms with Gasteiger partial charge in [-0.15, -0.1) is 0 Å². The van der Waals surface area contributed by atoms with E-state index in [4.69, 9.17) is 0 Å². The first-order valence-corrected chi connectivity index (χ1v) is 4.13. The first kappa shape index (κ1) is 9.73. The zero-order chi connectivity index (χ0) is 9.84. The number of hydrogen-bond donors (Lipinski definition) is 3. The molecule has 0 saturated carbocycles. The fraction of sp³-hybridized carbons (Fsp3) is 0.500. The van der Waals surface area contributed by atoms with Crippen molar-refractivity contribution in [2.75, 3.05) is 12.4 Å². The molecule has 1 aromatic rings. The van der Waals surface area contributed by atoms with Crippen LogP contribution in [-0.2, 0) is 4.79 Å². The van der Waals surface area contributed by atoms with Gasteiger partial charge in [0.25, 0.3) is 0 Å². The molecule has 0 fully saturated rings. The van der Waals surface area contributed by atoms with E-state index in [1.807, 2.05) is 6.92 Å². The van der Waals surface area contributed by atoms with Crippen molar-refractivity contribution in [3.63, 3.8) is 0 Å². The van der Waals surface area contributed by atoms with Gasteiger partial charge in [-0.3, -0.25) is 9.89 Å². The summed E-state index contributed by atoms with van der Waals surface area (Å²) in [5, 5.41) is 12.1. The highest BCUT2D eigenvalue weighted by Crippen LogP contribution is 2.08. The van der Waals surface area contributed by atoms with Gasteiger partial charge in [0.2, 0.25) is 5.91 Å². The Labute approximate surface area is 76.9 Å². The number of aryl methyl sites for hydroxylation is 1. The van der Waals surface area contributed by atoms with Crippen LogP contribution in [0, 0.1) is 6.92 Å². The van der Waals surface area contributed by atoms with Crippen LogP contribution in [0.3, 0.4) is 0 Å². The Balaban J connectivity index is 2.60. The number of hydrogen-bond acceptors (Lipinski definition) is 3. The molecular formula is C8H14N4O. The van der Waals surface area contributed by atoms with Crippen LogP contribution in [0.1, 0.15) is 12.5 Å². The van der Waals surface area contributed by atoms with Gasteiger partial charge in [-0.1, -0.05) is 0 Å². The average Bonchev–Trinajstić information content (AvgIpc) is 2.50. The molecule has 1 aromatic heterocycles. The van der Waals surface area contributed by atoms with Gasteiger partial charge in [-0.2, -0.15) is 5.10 Å². The second-order valence-electron chi connectivity index (χ2n) is 2.93. The molecule has 0 aliphatic carbocycles. The predicted octanol–water partition coefficient (Wildman–Crippen LogP) is 0.265. The number of aromatic amines is 1. The monoisotopic (exact) mass is 182 g/mol. The number of anilines is 1. The Morgan fingerprint density at radius 2 is 2.38 bits per heavy atom. The summed E-state index contributed by atoms with van der Waals surface area (Å²) in [4.78, 5) is 11.4. The second-order valence-corrected chi connectivity index (χ2v) is 2.93. The third-order valence-corrected chi connectivity index (χ3v) is 1.90. The van der Waals surface area contributed by atoms with E-state index in [2.05, 4.69) is 20.8 Å². The van der Waals surface area contributed by atoms with Gasteiger partial charge in [-0.25, -0.2) is 0 Å². The zero-order valence-corrected chi connectivity index (χ0v) is 8.01. The summed E-state index contributed by atoms with van der Waals surface area (Å²) in [5.74, 6) is 0.585. The van der Waals surface area contributed by atoms with Gasteiger partial charge in [-0.05, 0) is 20.9 Å². The molecule has 0 bridgehead atoms. The lowest BCUT2D eigenvalue weighted by Gasteiger charge is -2.09. The number of aromatic nitrogens is 2. The minimum atomic E-state index is -0.206. The minimum Gasteiger partial charge on any atom is -0.310 e. The highest BCUT2D eigenvalue weighted by Gasteiger charge is 2.11. The summed E-state index contributed by atoms with van der Waals surface area (Å²) in [5.41, 5.74) is 0.927. The molecule has 5 heteroatoms. The van der Waals surface area contributed by atoms with E-state index in [1.54, 1.807) is 20.2 Å². The summed E-state index contributed by atoms with van der Waals surface area (Å²) < 4.78 is 0. The fourth-order valence-corrected chi connectivity index (χ4v) is 0.835. The maximum absolute atomic E-state index is 11.4. The van der Waals surface area contributed by atoms with Crippen molar-refractivity contribution < 1.29 is 4.79 Å². The number of H-pyrrole nitrogens is 1. The molecule has 13 heavy (non-hydrogen) atoms. The van der Waals surface area contributed by atoms with Crippen LogP contribution in [-0.4, -0.2) is 29.2 Å². The maximum atomic E-state index is 11.4. The Kier molecular flexibility index (Phi) is 3.02. The van der Waals surface area contributed by atoms with Gasteiger partial charge < -0.3 is 10.6 Å². The number of carbonyl (C=O) groups excluding carboxylic acids is 1. The minimum absolute atomic E-state index is 0.0742. The first-order valence-electron chi connectivity index (χ1n) is 4.13. The lowest BCUT2D eigenvalue weighted by Crippen LogP contribution is -2.35. The van der Waals surface area contributed by atoms with Gasteiger partial charge in [0, 0.05) is 5.56 Å². The van der Waals surface area contributed by atoms with Crippen LogP contribution in [0.2, 0.25) is 0 Å². The molecule has 0 radical (unpaired) electrons. The zero-order valence-electron chi connectivity index (χ0n) is 8.01. The summed E-state index contributed by atoms with van der Waals surface area (Å²) in [7, 11) is 1.74. The summed E-state index contributed by atoms with van der Waals surface area (Å²) in [6, 6.07) is -0.206. The Bertz CT molecular complexity index is 294. The van der Waals surface area contributed by atoms with Crippen LogP contribution in [0.4, 0.5) is 5.82 Å². The molecule has 0 aromatic carbocycles. The number of likely N-dealkylation sites (N-methyl/N-ethyl adjacent to an activating group) is 1. The van der Waals surface area contributed by atoms with Crippen molar-refractivity contribution in [2.24, 2.45) is 0 Å². The van der Waals surface area contributed by atoms with E-state index in [0.717, 1.165) is 5.56 Å². The summed E-state index contributed by atoms with van der Waals surface area (Å²) >= 11 is 0. The van der Waals surface area contributed by atoms with Crippen molar-refractivity contribution in [2.45, 2.75) is 19.9 Å². The highest BCUT2D eigenvalue weighted by molar-refractivity contribution is 5.94. The quantitative estimate of drug-likeness (QED) is 0.628. The van der Waals surface area contributed by atoms with Crippen molar-refractivity contribution in [1.29, 1.82) is 0 Å². The average molecular weight is 182 g/mol. The normalized spacial score (nSPS) is 12.5. The van der Waals surface area contributed by atoms with Crippen LogP contribution < -0.4 is 10.6 Å². The summed E-state index contributed by atoms with van der Waals surface area (Å²) in [6.45, 7) is 3.67. The molecule has 0 aliphatic heterocycles. The van der Waals surface area contributed by atoms with Gasteiger partial charge in [0.15, 0.2) is 0 Å². The highest BCUT2D eigenvalue weighted by atomic mass is 16.2. The number of nitrogens with zero attached hydrogens (tertiary/aromatic N) is 1. The van der Waals surface area contributed by atoms with Crippen LogP contribution >= 0.6 is 0 Å². The lowest BCUT2D eigenvalue weighted by molar-refractivity contribution is -0.117. The van der Waals surface area contributed by atoms with E-state index >= 15 is 0 Å². The van der Waals surface area contributed by atoms with Crippen molar-refractivity contribution >= 4 is 11.7 Å². The number of nitrogens with one attached hydrogen (secondary N) is 3. The van der Waals surface area contributed by atoms with Gasteiger partial charge in [0.1, 0.15) is 5.82 Å². The third kappa shape index (κ3) is 2.29. The smallest absolute Gasteiger partial charge is 0.242 e. The number of rotatable bonds is 3. The molecule has 72 valence electrons. The Morgan fingerprint density at radius 3 is 2.85 bits per heavy atom. The molecule has 0 saturated heterocycles. The molecule has 5 nitrogen and oxygen atoms in total. The van der Waals surface area contributed by atoms with E-state index in [0.29, 0.717) is 5.82 Å². The topological polar surface area (TPSA) is 69.8 Å². The number of carbonyl (C=O) groups is 1. The van der Waals surface area contributed by atoms with E-state index in [-0.39, 0.29) is 11.9 Å². The maximum Gasteiger partial charge on any atom is 0.242 e. The molecule has 0 unspecified atom stereocenters. The molecule has 1 heterocycles. The van der Waals surface area contributed by atoms with E-state index in [1.165, 1.54) is 0 Å². The van der Waals surface area contributed by atoms with Gasteiger partial charge in [0.05, 0.1) is 12.2 Å². The molecule has 0 aliphatic rings. The molecule has 1 rings (SSSR count).